The molecule has 1 N–H and O–H groups in total. The molecule has 1 aliphatic rings. The molecule has 0 radical (unpaired) electrons. The van der Waals surface area contributed by atoms with E-state index in [9.17, 15) is 4.79 Å². The molecular formula is C16H20N2O3S. The first-order valence-corrected chi connectivity index (χ1v) is 8.42. The van der Waals surface area contributed by atoms with E-state index in [2.05, 4.69) is 9.88 Å². The lowest BCUT2D eigenvalue weighted by molar-refractivity contribution is -0.136. The first kappa shape index (κ1) is 15.2. The highest BCUT2D eigenvalue weighted by Gasteiger charge is 2.23. The lowest BCUT2D eigenvalue weighted by atomic mass is 9.97. The van der Waals surface area contributed by atoms with Crippen molar-refractivity contribution in [2.45, 2.75) is 38.6 Å². The number of piperidine rings is 1. The topological polar surface area (TPSA) is 66.6 Å². The van der Waals surface area contributed by atoms with Gasteiger partial charge >= 0.3 is 5.97 Å². The highest BCUT2D eigenvalue weighted by molar-refractivity contribution is 7.09. The molecule has 3 heterocycles. The van der Waals surface area contributed by atoms with Crippen LogP contribution in [0.25, 0.3) is 0 Å². The van der Waals surface area contributed by atoms with E-state index in [1.165, 1.54) is 0 Å². The van der Waals surface area contributed by atoms with Gasteiger partial charge in [-0.1, -0.05) is 0 Å². The molecule has 0 unspecified atom stereocenters. The number of furan rings is 1. The Kier molecular flexibility index (Phi) is 4.59. The fraction of sp³-hybridized carbons (Fsp3) is 0.500. The second-order valence-electron chi connectivity index (χ2n) is 5.81. The minimum Gasteiger partial charge on any atom is -0.481 e. The molecule has 5 nitrogen and oxygen atoms in total. The van der Waals surface area contributed by atoms with Crippen LogP contribution in [-0.4, -0.2) is 34.0 Å². The van der Waals surface area contributed by atoms with E-state index in [0.29, 0.717) is 11.6 Å². The molecular weight excluding hydrogens is 300 g/mol. The third-order valence-corrected chi connectivity index (χ3v) is 5.07. The summed E-state index contributed by atoms with van der Waals surface area (Å²) >= 11 is 1.60. The summed E-state index contributed by atoms with van der Waals surface area (Å²) in [5, 5.41) is 11.8. The van der Waals surface area contributed by atoms with Crippen LogP contribution < -0.4 is 0 Å². The molecule has 2 aromatic heterocycles. The Morgan fingerprint density at radius 3 is 2.86 bits per heavy atom. The molecule has 118 valence electrons. The number of thiazole rings is 1. The molecule has 0 bridgehead atoms. The summed E-state index contributed by atoms with van der Waals surface area (Å²) in [6, 6.07) is 4.04. The van der Waals surface area contributed by atoms with Crippen molar-refractivity contribution in [2.75, 3.05) is 13.1 Å². The van der Waals surface area contributed by atoms with Gasteiger partial charge in [-0.3, -0.25) is 9.69 Å². The molecule has 3 rings (SSSR count). The number of hydrogen-bond donors (Lipinski definition) is 1. The SMILES string of the molecule is Cc1ccc(CN2CCC(c3nc(CC(=O)O)cs3)CC2)o1. The van der Waals surface area contributed by atoms with Gasteiger partial charge in [0.25, 0.3) is 0 Å². The molecule has 0 atom stereocenters. The minimum absolute atomic E-state index is 0.0210. The van der Waals surface area contributed by atoms with Crippen LogP contribution >= 0.6 is 11.3 Å². The van der Waals surface area contributed by atoms with Gasteiger partial charge in [0.15, 0.2) is 0 Å². The number of carboxylic acid groups (broad SMARTS) is 1. The molecule has 6 heteroatoms. The Labute approximate surface area is 133 Å². The third-order valence-electron chi connectivity index (χ3n) is 4.01. The van der Waals surface area contributed by atoms with E-state index in [-0.39, 0.29) is 6.42 Å². The van der Waals surface area contributed by atoms with Gasteiger partial charge in [0.1, 0.15) is 11.5 Å². The molecule has 2 aromatic rings. The van der Waals surface area contributed by atoms with E-state index in [0.717, 1.165) is 49.0 Å². The first-order valence-electron chi connectivity index (χ1n) is 7.54. The van der Waals surface area contributed by atoms with Gasteiger partial charge in [0.2, 0.25) is 0 Å². The fourth-order valence-corrected chi connectivity index (χ4v) is 3.87. The normalized spacial score (nSPS) is 17.0. The van der Waals surface area contributed by atoms with Gasteiger partial charge in [-0.15, -0.1) is 11.3 Å². The number of likely N-dealkylation sites (tertiary alicyclic amines) is 1. The second kappa shape index (κ2) is 6.62. The molecule has 0 spiro atoms. The molecule has 0 aromatic carbocycles. The Balaban J connectivity index is 1.52. The van der Waals surface area contributed by atoms with Crippen molar-refractivity contribution in [3.63, 3.8) is 0 Å². The maximum absolute atomic E-state index is 10.7. The van der Waals surface area contributed by atoms with Crippen LogP contribution in [0.1, 0.15) is 41.0 Å². The van der Waals surface area contributed by atoms with Gasteiger partial charge in [-0.2, -0.15) is 0 Å². The molecule has 1 aliphatic heterocycles. The van der Waals surface area contributed by atoms with Crippen LogP contribution in [0.5, 0.6) is 0 Å². The van der Waals surface area contributed by atoms with E-state index in [1.807, 2.05) is 24.4 Å². The predicted octanol–water partition coefficient (Wildman–Crippen LogP) is 3.05. The van der Waals surface area contributed by atoms with Crippen LogP contribution in [0.3, 0.4) is 0 Å². The predicted molar refractivity (Wildman–Crippen MR) is 84.2 cm³/mol. The van der Waals surface area contributed by atoms with Gasteiger partial charge in [0, 0.05) is 11.3 Å². The van der Waals surface area contributed by atoms with E-state index in [1.54, 1.807) is 11.3 Å². The van der Waals surface area contributed by atoms with Crippen molar-refractivity contribution in [1.82, 2.24) is 9.88 Å². The summed E-state index contributed by atoms with van der Waals surface area (Å²) in [6.07, 6.45) is 2.16. The Hall–Kier alpha value is -1.66. The van der Waals surface area contributed by atoms with Crippen molar-refractivity contribution in [1.29, 1.82) is 0 Å². The molecule has 0 saturated carbocycles. The average molecular weight is 320 g/mol. The number of rotatable bonds is 5. The van der Waals surface area contributed by atoms with E-state index < -0.39 is 5.97 Å². The first-order chi connectivity index (χ1) is 10.6. The summed E-state index contributed by atoms with van der Waals surface area (Å²) in [5.41, 5.74) is 0.681. The number of aliphatic carboxylic acids is 1. The number of carbonyl (C=O) groups is 1. The number of aromatic nitrogens is 1. The summed E-state index contributed by atoms with van der Waals surface area (Å²) in [5.74, 6) is 1.62. The quantitative estimate of drug-likeness (QED) is 0.917. The van der Waals surface area contributed by atoms with Crippen molar-refractivity contribution in [3.05, 3.63) is 39.7 Å². The second-order valence-corrected chi connectivity index (χ2v) is 6.70. The third kappa shape index (κ3) is 3.75. The maximum atomic E-state index is 10.7. The number of carboxylic acids is 1. The minimum atomic E-state index is -0.819. The Morgan fingerprint density at radius 2 is 2.23 bits per heavy atom. The van der Waals surface area contributed by atoms with Crippen molar-refractivity contribution < 1.29 is 14.3 Å². The molecule has 22 heavy (non-hydrogen) atoms. The smallest absolute Gasteiger partial charge is 0.309 e. The average Bonchev–Trinajstić information content (AvgIpc) is 3.09. The van der Waals surface area contributed by atoms with E-state index >= 15 is 0 Å². The molecule has 1 saturated heterocycles. The summed E-state index contributed by atoms with van der Waals surface area (Å²) < 4.78 is 5.63. The summed E-state index contributed by atoms with van der Waals surface area (Å²) in [7, 11) is 0. The fourth-order valence-electron chi connectivity index (χ4n) is 2.87. The van der Waals surface area contributed by atoms with Crippen LogP contribution in [0.15, 0.2) is 21.9 Å². The Bertz CT molecular complexity index is 641. The number of nitrogens with zero attached hydrogens (tertiary/aromatic N) is 2. The van der Waals surface area contributed by atoms with Gasteiger partial charge in [0.05, 0.1) is 23.7 Å². The zero-order valence-corrected chi connectivity index (χ0v) is 13.4. The zero-order chi connectivity index (χ0) is 15.5. The van der Waals surface area contributed by atoms with Crippen molar-refractivity contribution in [3.8, 4) is 0 Å². The lowest BCUT2D eigenvalue weighted by Gasteiger charge is -2.30. The van der Waals surface area contributed by atoms with Crippen LogP contribution in [0, 0.1) is 6.92 Å². The standard InChI is InChI=1S/C16H20N2O3S/c1-11-2-3-14(21-11)9-18-6-4-12(5-7-18)16-17-13(10-22-16)8-15(19)20/h2-3,10,12H,4-9H2,1H3,(H,19,20). The van der Waals surface area contributed by atoms with Crippen molar-refractivity contribution in [2.24, 2.45) is 0 Å². The van der Waals surface area contributed by atoms with Crippen LogP contribution in [0.4, 0.5) is 0 Å². The van der Waals surface area contributed by atoms with Gasteiger partial charge < -0.3 is 9.52 Å². The summed E-state index contributed by atoms with van der Waals surface area (Å²) in [6.45, 7) is 4.88. The highest BCUT2D eigenvalue weighted by Crippen LogP contribution is 2.31. The molecule has 0 amide bonds. The van der Waals surface area contributed by atoms with Crippen molar-refractivity contribution >= 4 is 17.3 Å². The Morgan fingerprint density at radius 1 is 1.45 bits per heavy atom. The van der Waals surface area contributed by atoms with E-state index in [4.69, 9.17) is 9.52 Å². The highest BCUT2D eigenvalue weighted by atomic mass is 32.1. The summed E-state index contributed by atoms with van der Waals surface area (Å²) in [4.78, 5) is 17.6. The van der Waals surface area contributed by atoms with Gasteiger partial charge in [-0.25, -0.2) is 4.98 Å². The largest absolute Gasteiger partial charge is 0.481 e. The number of hydrogen-bond acceptors (Lipinski definition) is 5. The number of aryl methyl sites for hydroxylation is 1. The van der Waals surface area contributed by atoms with Gasteiger partial charge in [-0.05, 0) is 45.0 Å². The zero-order valence-electron chi connectivity index (χ0n) is 12.6. The van der Waals surface area contributed by atoms with Crippen LogP contribution in [0.2, 0.25) is 0 Å². The maximum Gasteiger partial charge on any atom is 0.309 e. The molecule has 1 fully saturated rings. The lowest BCUT2D eigenvalue weighted by Crippen LogP contribution is -2.32. The van der Waals surface area contributed by atoms with Crippen LogP contribution in [-0.2, 0) is 17.8 Å². The monoisotopic (exact) mass is 320 g/mol. The molecule has 0 aliphatic carbocycles.